The van der Waals surface area contributed by atoms with Gasteiger partial charge in [0, 0.05) is 12.5 Å². The first-order valence-electron chi connectivity index (χ1n) is 6.58. The van der Waals surface area contributed by atoms with Crippen molar-refractivity contribution in [1.82, 2.24) is 10.6 Å². The summed E-state index contributed by atoms with van der Waals surface area (Å²) in [6, 6.07) is 0. The predicted molar refractivity (Wildman–Crippen MR) is 72.4 cm³/mol. The van der Waals surface area contributed by atoms with Crippen LogP contribution in [0.5, 0.6) is 0 Å². The Balaban J connectivity index is 0.00000144. The summed E-state index contributed by atoms with van der Waals surface area (Å²) in [6.07, 6.45) is 4.79. The number of amides is 1. The minimum atomic E-state index is 0. The number of nitrogens with one attached hydrogen (secondary N) is 2. The molecule has 0 aromatic heterocycles. The molecule has 1 saturated carbocycles. The zero-order valence-electron chi connectivity index (χ0n) is 10.9. The monoisotopic (exact) mass is 260 g/mol. The summed E-state index contributed by atoms with van der Waals surface area (Å²) in [6.45, 7) is 7.49. The van der Waals surface area contributed by atoms with Gasteiger partial charge in [0.25, 0.3) is 0 Å². The lowest BCUT2D eigenvalue weighted by atomic mass is 9.96. The van der Waals surface area contributed by atoms with Crippen molar-refractivity contribution in [3.63, 3.8) is 0 Å². The Kier molecular flexibility index (Phi) is 5.26. The SMILES string of the molecule is CC1(C)CC1C(=O)NCCC1CCCNC1.Cl. The van der Waals surface area contributed by atoms with Gasteiger partial charge in [-0.2, -0.15) is 0 Å². The van der Waals surface area contributed by atoms with Gasteiger partial charge in [-0.15, -0.1) is 12.4 Å². The van der Waals surface area contributed by atoms with Crippen LogP contribution in [0.1, 0.15) is 39.5 Å². The van der Waals surface area contributed by atoms with Crippen LogP contribution in [-0.4, -0.2) is 25.5 Å². The zero-order valence-corrected chi connectivity index (χ0v) is 11.7. The molecule has 1 aliphatic heterocycles. The molecule has 3 nitrogen and oxygen atoms in total. The number of carbonyl (C=O) groups is 1. The number of rotatable bonds is 4. The van der Waals surface area contributed by atoms with E-state index in [0.29, 0.717) is 0 Å². The summed E-state index contributed by atoms with van der Waals surface area (Å²) in [7, 11) is 0. The second-order valence-electron chi connectivity index (χ2n) is 6.04. The Morgan fingerprint density at radius 2 is 2.18 bits per heavy atom. The normalized spacial score (nSPS) is 30.2. The number of hydrogen-bond acceptors (Lipinski definition) is 2. The highest BCUT2D eigenvalue weighted by molar-refractivity contribution is 5.85. The molecule has 2 unspecified atom stereocenters. The fourth-order valence-corrected chi connectivity index (χ4v) is 2.61. The van der Waals surface area contributed by atoms with E-state index in [2.05, 4.69) is 24.5 Å². The van der Waals surface area contributed by atoms with Crippen LogP contribution >= 0.6 is 12.4 Å². The summed E-state index contributed by atoms with van der Waals surface area (Å²) in [4.78, 5) is 11.7. The Bertz CT molecular complexity index is 262. The molecular formula is C13H25ClN2O. The van der Waals surface area contributed by atoms with Gasteiger partial charge in [0.15, 0.2) is 0 Å². The Labute approximate surface area is 111 Å². The average Bonchev–Trinajstić information content (AvgIpc) is 2.89. The Morgan fingerprint density at radius 3 is 2.71 bits per heavy atom. The molecule has 2 atom stereocenters. The van der Waals surface area contributed by atoms with Crippen molar-refractivity contribution >= 4 is 18.3 Å². The molecule has 2 N–H and O–H groups in total. The molecule has 2 aliphatic rings. The van der Waals surface area contributed by atoms with Gasteiger partial charge in [0.05, 0.1) is 0 Å². The van der Waals surface area contributed by atoms with E-state index in [-0.39, 0.29) is 29.6 Å². The van der Waals surface area contributed by atoms with Gasteiger partial charge >= 0.3 is 0 Å². The molecule has 0 aromatic carbocycles. The van der Waals surface area contributed by atoms with Gasteiger partial charge in [-0.1, -0.05) is 13.8 Å². The lowest BCUT2D eigenvalue weighted by Crippen LogP contribution is -2.34. The van der Waals surface area contributed by atoms with Crippen LogP contribution in [0.3, 0.4) is 0 Å². The van der Waals surface area contributed by atoms with E-state index in [0.717, 1.165) is 31.8 Å². The summed E-state index contributed by atoms with van der Waals surface area (Å²) in [5.74, 6) is 1.31. The van der Waals surface area contributed by atoms with Crippen molar-refractivity contribution in [2.45, 2.75) is 39.5 Å². The van der Waals surface area contributed by atoms with E-state index in [4.69, 9.17) is 0 Å². The highest BCUT2D eigenvalue weighted by Gasteiger charge is 2.50. The third-order valence-corrected chi connectivity index (χ3v) is 4.08. The van der Waals surface area contributed by atoms with Gasteiger partial charge in [0.2, 0.25) is 5.91 Å². The van der Waals surface area contributed by atoms with Gasteiger partial charge in [-0.25, -0.2) is 0 Å². The molecule has 1 heterocycles. The van der Waals surface area contributed by atoms with Gasteiger partial charge in [0.1, 0.15) is 0 Å². The third-order valence-electron chi connectivity index (χ3n) is 4.08. The van der Waals surface area contributed by atoms with Crippen LogP contribution in [0.25, 0.3) is 0 Å². The zero-order chi connectivity index (χ0) is 11.6. The average molecular weight is 261 g/mol. The minimum Gasteiger partial charge on any atom is -0.356 e. The molecule has 4 heteroatoms. The minimum absolute atomic E-state index is 0. The van der Waals surface area contributed by atoms with E-state index in [1.165, 1.54) is 19.4 Å². The summed E-state index contributed by atoms with van der Waals surface area (Å²) < 4.78 is 0. The molecule has 1 saturated heterocycles. The van der Waals surface area contributed by atoms with E-state index >= 15 is 0 Å². The largest absolute Gasteiger partial charge is 0.356 e. The second kappa shape index (κ2) is 6.05. The fraction of sp³-hybridized carbons (Fsp3) is 0.923. The van der Waals surface area contributed by atoms with Gasteiger partial charge in [-0.3, -0.25) is 4.79 Å². The van der Waals surface area contributed by atoms with Crippen molar-refractivity contribution in [2.75, 3.05) is 19.6 Å². The molecular weight excluding hydrogens is 236 g/mol. The van der Waals surface area contributed by atoms with Gasteiger partial charge < -0.3 is 10.6 Å². The Hall–Kier alpha value is -0.280. The number of hydrogen-bond donors (Lipinski definition) is 2. The van der Waals surface area contributed by atoms with Crippen LogP contribution in [0.15, 0.2) is 0 Å². The summed E-state index contributed by atoms with van der Waals surface area (Å²) >= 11 is 0. The number of halogens is 1. The predicted octanol–water partition coefficient (Wildman–Crippen LogP) is 1.96. The van der Waals surface area contributed by atoms with Crippen molar-refractivity contribution in [1.29, 1.82) is 0 Å². The quantitative estimate of drug-likeness (QED) is 0.811. The highest BCUT2D eigenvalue weighted by Crippen LogP contribution is 2.51. The standard InChI is InChI=1S/C13H24N2O.ClH/c1-13(2)8-11(13)12(16)15-7-5-10-4-3-6-14-9-10;/h10-11,14H,3-9H2,1-2H3,(H,15,16);1H. The van der Waals surface area contributed by atoms with Crippen LogP contribution in [0, 0.1) is 17.3 Å². The third kappa shape index (κ3) is 4.14. The fourth-order valence-electron chi connectivity index (χ4n) is 2.61. The lowest BCUT2D eigenvalue weighted by Gasteiger charge is -2.22. The molecule has 0 bridgehead atoms. The molecule has 17 heavy (non-hydrogen) atoms. The molecule has 0 radical (unpaired) electrons. The molecule has 0 spiro atoms. The van der Waals surface area contributed by atoms with E-state index in [1.807, 2.05) is 0 Å². The molecule has 2 fully saturated rings. The maximum absolute atomic E-state index is 11.7. The van der Waals surface area contributed by atoms with E-state index in [9.17, 15) is 4.79 Å². The first-order valence-corrected chi connectivity index (χ1v) is 6.58. The van der Waals surface area contributed by atoms with Crippen LogP contribution in [0.2, 0.25) is 0 Å². The molecule has 0 aromatic rings. The smallest absolute Gasteiger partial charge is 0.223 e. The molecule has 2 rings (SSSR count). The van der Waals surface area contributed by atoms with E-state index in [1.54, 1.807) is 0 Å². The van der Waals surface area contributed by atoms with Crippen LogP contribution in [0.4, 0.5) is 0 Å². The lowest BCUT2D eigenvalue weighted by molar-refractivity contribution is -0.123. The van der Waals surface area contributed by atoms with Crippen LogP contribution in [-0.2, 0) is 4.79 Å². The maximum Gasteiger partial charge on any atom is 0.223 e. The topological polar surface area (TPSA) is 41.1 Å². The van der Waals surface area contributed by atoms with Crippen molar-refractivity contribution in [2.24, 2.45) is 17.3 Å². The number of piperidine rings is 1. The Morgan fingerprint density at radius 1 is 1.47 bits per heavy atom. The first kappa shape index (κ1) is 14.8. The molecule has 1 aliphatic carbocycles. The highest BCUT2D eigenvalue weighted by atomic mass is 35.5. The van der Waals surface area contributed by atoms with Crippen molar-refractivity contribution in [3.05, 3.63) is 0 Å². The molecule has 1 amide bonds. The maximum atomic E-state index is 11.7. The van der Waals surface area contributed by atoms with Gasteiger partial charge in [-0.05, 0) is 50.1 Å². The summed E-state index contributed by atoms with van der Waals surface area (Å²) in [5.41, 5.74) is 0.260. The first-order chi connectivity index (χ1) is 7.59. The molecule has 100 valence electrons. The van der Waals surface area contributed by atoms with Crippen molar-refractivity contribution in [3.8, 4) is 0 Å². The second-order valence-corrected chi connectivity index (χ2v) is 6.04. The number of carbonyl (C=O) groups excluding carboxylic acids is 1. The van der Waals surface area contributed by atoms with Crippen molar-refractivity contribution < 1.29 is 4.79 Å². The van der Waals surface area contributed by atoms with E-state index < -0.39 is 0 Å². The van der Waals surface area contributed by atoms with Crippen LogP contribution < -0.4 is 10.6 Å². The summed E-state index contributed by atoms with van der Waals surface area (Å²) in [5, 5.41) is 6.49.